The average Bonchev–Trinajstić information content (AvgIpc) is 2.36. The molecule has 1 atom stereocenters. The third-order valence-corrected chi connectivity index (χ3v) is 3.88. The minimum atomic E-state index is -1.27. The van der Waals surface area contributed by atoms with Gasteiger partial charge in [-0.1, -0.05) is 33.6 Å². The topological polar surface area (TPSA) is 0 Å². The monoisotopic (exact) mass is 352 g/mol. The maximum Gasteiger partial charge on any atom is 0.161 e. The van der Waals surface area contributed by atoms with Gasteiger partial charge >= 0.3 is 0 Å². The van der Waals surface area contributed by atoms with Crippen LogP contribution in [0.5, 0.6) is 0 Å². The van der Waals surface area contributed by atoms with Crippen LogP contribution in [0.15, 0.2) is 30.3 Å². The fourth-order valence-electron chi connectivity index (χ4n) is 1.58. The Labute approximate surface area is 120 Å². The first kappa shape index (κ1) is 14.3. The van der Waals surface area contributed by atoms with E-state index in [-0.39, 0.29) is 10.6 Å². The average molecular weight is 354 g/mol. The van der Waals surface area contributed by atoms with Gasteiger partial charge in [0.05, 0.1) is 9.85 Å². The molecule has 0 spiro atoms. The molecule has 0 bridgehead atoms. The van der Waals surface area contributed by atoms with Crippen LogP contribution in [-0.4, -0.2) is 0 Å². The molecular weight excluding hydrogens is 347 g/mol. The SMILES string of the molecule is Fc1cc(F)c(C(Br)c2ccc(Cl)c(F)c2)cc1F. The van der Waals surface area contributed by atoms with E-state index < -0.39 is 28.1 Å². The Morgan fingerprint density at radius 3 is 2.11 bits per heavy atom. The Kier molecular flexibility index (Phi) is 4.16. The van der Waals surface area contributed by atoms with Crippen molar-refractivity contribution in [1.29, 1.82) is 0 Å². The molecule has 0 saturated heterocycles. The van der Waals surface area contributed by atoms with Gasteiger partial charge in [-0.15, -0.1) is 0 Å². The van der Waals surface area contributed by atoms with E-state index in [2.05, 4.69) is 15.9 Å². The van der Waals surface area contributed by atoms with Crippen LogP contribution in [0.2, 0.25) is 5.02 Å². The van der Waals surface area contributed by atoms with Crippen molar-refractivity contribution in [2.24, 2.45) is 0 Å². The number of benzene rings is 2. The second-order valence-corrected chi connectivity index (χ2v) is 5.15. The molecule has 0 aromatic heterocycles. The summed E-state index contributed by atoms with van der Waals surface area (Å²) in [5, 5.41) is -0.0748. The lowest BCUT2D eigenvalue weighted by atomic mass is 10.0. The number of hydrogen-bond donors (Lipinski definition) is 0. The summed E-state index contributed by atoms with van der Waals surface area (Å²) in [5.41, 5.74) is 0.215. The van der Waals surface area contributed by atoms with Crippen LogP contribution < -0.4 is 0 Å². The van der Waals surface area contributed by atoms with Gasteiger partial charge in [-0.3, -0.25) is 0 Å². The second kappa shape index (κ2) is 5.51. The molecule has 0 radical (unpaired) electrons. The zero-order valence-corrected chi connectivity index (χ0v) is 11.6. The summed E-state index contributed by atoms with van der Waals surface area (Å²) in [7, 11) is 0. The molecule has 6 heteroatoms. The van der Waals surface area contributed by atoms with Crippen LogP contribution in [0.3, 0.4) is 0 Å². The highest BCUT2D eigenvalue weighted by Gasteiger charge is 2.19. The van der Waals surface area contributed by atoms with Crippen LogP contribution >= 0.6 is 27.5 Å². The number of alkyl halides is 1. The fraction of sp³-hybridized carbons (Fsp3) is 0.0769. The molecule has 2 aromatic rings. The minimum Gasteiger partial charge on any atom is -0.207 e. The fourth-order valence-corrected chi connectivity index (χ4v) is 2.33. The van der Waals surface area contributed by atoms with E-state index in [1.807, 2.05) is 0 Å². The summed E-state index contributed by atoms with van der Waals surface area (Å²) in [6.07, 6.45) is 0. The van der Waals surface area contributed by atoms with Gasteiger partial charge in [0.1, 0.15) is 11.6 Å². The van der Waals surface area contributed by atoms with Crippen molar-refractivity contribution in [3.05, 3.63) is 69.8 Å². The molecule has 2 rings (SSSR count). The van der Waals surface area contributed by atoms with Gasteiger partial charge < -0.3 is 0 Å². The quantitative estimate of drug-likeness (QED) is 0.386. The summed E-state index contributed by atoms with van der Waals surface area (Å²) in [5.74, 6) is -4.04. The molecule has 0 fully saturated rings. The predicted molar refractivity (Wildman–Crippen MR) is 68.5 cm³/mol. The van der Waals surface area contributed by atoms with Crippen LogP contribution in [0.25, 0.3) is 0 Å². The lowest BCUT2D eigenvalue weighted by Gasteiger charge is -2.12. The van der Waals surface area contributed by atoms with Crippen molar-refractivity contribution in [1.82, 2.24) is 0 Å². The minimum absolute atomic E-state index is 0.0748. The molecule has 0 amide bonds. The van der Waals surface area contributed by atoms with Crippen LogP contribution in [0.1, 0.15) is 16.0 Å². The highest BCUT2D eigenvalue weighted by Crippen LogP contribution is 2.34. The molecule has 0 saturated carbocycles. The van der Waals surface area contributed by atoms with Crippen molar-refractivity contribution in [3.63, 3.8) is 0 Å². The maximum atomic E-state index is 13.6. The Morgan fingerprint density at radius 1 is 0.842 bits per heavy atom. The standard InChI is InChI=1S/C13H6BrClF4/c14-13(6-1-2-8(15)10(17)3-6)7-4-11(18)12(19)5-9(7)16/h1-5,13H. The van der Waals surface area contributed by atoms with Gasteiger partial charge in [-0.05, 0) is 23.8 Å². The Morgan fingerprint density at radius 2 is 1.47 bits per heavy atom. The van der Waals surface area contributed by atoms with Gasteiger partial charge in [0.2, 0.25) is 0 Å². The Balaban J connectivity index is 2.46. The lowest BCUT2D eigenvalue weighted by Crippen LogP contribution is -2.00. The Hall–Kier alpha value is -1.07. The van der Waals surface area contributed by atoms with Crippen LogP contribution in [-0.2, 0) is 0 Å². The van der Waals surface area contributed by atoms with Crippen molar-refractivity contribution in [2.75, 3.05) is 0 Å². The number of halogens is 6. The second-order valence-electron chi connectivity index (χ2n) is 3.82. The molecule has 0 aliphatic rings. The highest BCUT2D eigenvalue weighted by atomic mass is 79.9. The molecular formula is C13H6BrClF4. The highest BCUT2D eigenvalue weighted by molar-refractivity contribution is 9.09. The Bertz CT molecular complexity index is 630. The number of hydrogen-bond acceptors (Lipinski definition) is 0. The first-order chi connectivity index (χ1) is 8.90. The first-order valence-corrected chi connectivity index (χ1v) is 6.43. The van der Waals surface area contributed by atoms with Crippen LogP contribution in [0.4, 0.5) is 17.6 Å². The summed E-state index contributed by atoms with van der Waals surface area (Å²) in [6, 6.07) is 5.05. The molecule has 0 N–H and O–H groups in total. The third kappa shape index (κ3) is 2.92. The summed E-state index contributed by atoms with van der Waals surface area (Å²) >= 11 is 8.66. The maximum absolute atomic E-state index is 13.6. The number of rotatable bonds is 2. The third-order valence-electron chi connectivity index (χ3n) is 2.55. The van der Waals surface area contributed by atoms with E-state index in [1.165, 1.54) is 12.1 Å². The van der Waals surface area contributed by atoms with E-state index in [4.69, 9.17) is 11.6 Å². The van der Waals surface area contributed by atoms with E-state index in [0.717, 1.165) is 12.1 Å². The largest absolute Gasteiger partial charge is 0.207 e. The molecule has 100 valence electrons. The summed E-state index contributed by atoms with van der Waals surface area (Å²) in [6.45, 7) is 0. The zero-order chi connectivity index (χ0) is 14.2. The van der Waals surface area contributed by atoms with Gasteiger partial charge in [-0.2, -0.15) is 0 Å². The molecule has 0 aliphatic heterocycles. The van der Waals surface area contributed by atoms with E-state index in [0.29, 0.717) is 11.6 Å². The van der Waals surface area contributed by atoms with Crippen LogP contribution in [0, 0.1) is 23.3 Å². The van der Waals surface area contributed by atoms with Crippen molar-refractivity contribution in [2.45, 2.75) is 4.83 Å². The van der Waals surface area contributed by atoms with E-state index in [1.54, 1.807) is 0 Å². The van der Waals surface area contributed by atoms with Crippen molar-refractivity contribution in [3.8, 4) is 0 Å². The summed E-state index contributed by atoms with van der Waals surface area (Å²) in [4.78, 5) is -0.811. The van der Waals surface area contributed by atoms with Crippen molar-refractivity contribution < 1.29 is 17.6 Å². The molecule has 2 aromatic carbocycles. The summed E-state index contributed by atoms with van der Waals surface area (Å²) < 4.78 is 52.9. The first-order valence-electron chi connectivity index (χ1n) is 5.13. The molecule has 19 heavy (non-hydrogen) atoms. The molecule has 0 heterocycles. The predicted octanol–water partition coefficient (Wildman–Crippen LogP) is 5.38. The zero-order valence-electron chi connectivity index (χ0n) is 9.23. The van der Waals surface area contributed by atoms with Crippen molar-refractivity contribution >= 4 is 27.5 Å². The normalized spacial score (nSPS) is 12.5. The van der Waals surface area contributed by atoms with Gasteiger partial charge in [0.15, 0.2) is 11.6 Å². The molecule has 0 aliphatic carbocycles. The molecule has 0 nitrogen and oxygen atoms in total. The van der Waals surface area contributed by atoms with Gasteiger partial charge in [-0.25, -0.2) is 17.6 Å². The van der Waals surface area contributed by atoms with E-state index in [9.17, 15) is 17.6 Å². The van der Waals surface area contributed by atoms with E-state index >= 15 is 0 Å². The lowest BCUT2D eigenvalue weighted by molar-refractivity contribution is 0.491. The smallest absolute Gasteiger partial charge is 0.161 e. The molecule has 1 unspecified atom stereocenters. The van der Waals surface area contributed by atoms with Gasteiger partial charge in [0.25, 0.3) is 0 Å². The van der Waals surface area contributed by atoms with Gasteiger partial charge in [0, 0.05) is 11.6 Å².